The molecule has 0 saturated carbocycles. The molecule has 0 saturated heterocycles. The first kappa shape index (κ1) is 23.2. The number of rotatable bonds is 5. The van der Waals surface area contributed by atoms with Crippen LogP contribution in [0.2, 0.25) is 0 Å². The molecular weight excluding hydrogens is 469 g/mol. The molecule has 1 heterocycles. The largest absolute Gasteiger partial charge is 0.468 e. The molecular formula is C23H25BrFNO5. The van der Waals surface area contributed by atoms with Crippen molar-refractivity contribution in [3.05, 3.63) is 56.6 Å². The summed E-state index contributed by atoms with van der Waals surface area (Å²) in [5, 5.41) is 3.19. The van der Waals surface area contributed by atoms with E-state index in [1.807, 2.05) is 13.8 Å². The first-order valence-corrected chi connectivity index (χ1v) is 10.9. The molecule has 1 aliphatic carbocycles. The van der Waals surface area contributed by atoms with Crippen molar-refractivity contribution >= 4 is 33.7 Å². The van der Waals surface area contributed by atoms with Gasteiger partial charge in [0.15, 0.2) is 5.78 Å². The summed E-state index contributed by atoms with van der Waals surface area (Å²) in [6, 6.07) is 4.37. The zero-order valence-corrected chi connectivity index (χ0v) is 19.5. The lowest BCUT2D eigenvalue weighted by atomic mass is 9.69. The molecule has 3 rings (SSSR count). The smallest absolute Gasteiger partial charge is 0.336 e. The lowest BCUT2D eigenvalue weighted by Gasteiger charge is -2.38. The maximum absolute atomic E-state index is 13.9. The average Bonchev–Trinajstić information content (AvgIpc) is 2.72. The van der Waals surface area contributed by atoms with Gasteiger partial charge in [0.25, 0.3) is 0 Å². The summed E-state index contributed by atoms with van der Waals surface area (Å²) in [5.74, 6) is -4.04. The fraction of sp³-hybridized carbons (Fsp3) is 0.435. The molecule has 1 aromatic rings. The van der Waals surface area contributed by atoms with Gasteiger partial charge in [-0.1, -0.05) is 19.9 Å². The highest BCUT2D eigenvalue weighted by Gasteiger charge is 2.47. The zero-order valence-electron chi connectivity index (χ0n) is 17.9. The number of methoxy groups -OCH3 is 1. The summed E-state index contributed by atoms with van der Waals surface area (Å²) in [4.78, 5) is 38.9. The Morgan fingerprint density at radius 1 is 1.32 bits per heavy atom. The highest BCUT2D eigenvalue weighted by Crippen LogP contribution is 2.46. The summed E-state index contributed by atoms with van der Waals surface area (Å²) in [6.45, 7) is 5.69. The second-order valence-corrected chi connectivity index (χ2v) is 8.70. The van der Waals surface area contributed by atoms with Crippen LogP contribution in [0, 0.1) is 17.7 Å². The van der Waals surface area contributed by atoms with Gasteiger partial charge in [0.2, 0.25) is 0 Å². The Kier molecular flexibility index (Phi) is 6.99. The van der Waals surface area contributed by atoms with Gasteiger partial charge in [0.05, 0.1) is 23.8 Å². The lowest BCUT2D eigenvalue weighted by molar-refractivity contribution is -0.151. The highest BCUT2D eigenvalue weighted by atomic mass is 79.9. The van der Waals surface area contributed by atoms with Crippen LogP contribution >= 0.6 is 15.9 Å². The van der Waals surface area contributed by atoms with Crippen molar-refractivity contribution in [2.24, 2.45) is 11.8 Å². The number of ether oxygens (including phenoxy) is 2. The molecule has 1 N–H and O–H groups in total. The SMILES string of the molecule is CCCOC(=O)C1=C(C)NC2=C(C(=O)[C@H](C(=O)OC)[C@@H](C)C2)[C@H]1c1ccc(F)c(Br)c1. The third-order valence-electron chi connectivity index (χ3n) is 5.68. The zero-order chi connectivity index (χ0) is 22.9. The average molecular weight is 494 g/mol. The predicted octanol–water partition coefficient (Wildman–Crippen LogP) is 4.15. The first-order chi connectivity index (χ1) is 14.7. The number of esters is 2. The fourth-order valence-electron chi connectivity index (χ4n) is 4.25. The van der Waals surface area contributed by atoms with Crippen LogP contribution in [-0.4, -0.2) is 31.4 Å². The van der Waals surface area contributed by atoms with Crippen LogP contribution in [0.5, 0.6) is 0 Å². The van der Waals surface area contributed by atoms with Gasteiger partial charge in [-0.25, -0.2) is 9.18 Å². The van der Waals surface area contributed by atoms with Gasteiger partial charge >= 0.3 is 11.9 Å². The number of Topliss-reactive ketones (excluding diaryl/α,β-unsaturated/α-hetero) is 1. The van der Waals surface area contributed by atoms with Crippen molar-refractivity contribution in [1.29, 1.82) is 0 Å². The van der Waals surface area contributed by atoms with E-state index in [0.717, 1.165) is 0 Å². The van der Waals surface area contributed by atoms with Crippen molar-refractivity contribution in [3.8, 4) is 0 Å². The number of hydrogen-bond acceptors (Lipinski definition) is 6. The molecule has 0 bridgehead atoms. The van der Waals surface area contributed by atoms with Crippen LogP contribution in [0.15, 0.2) is 45.2 Å². The van der Waals surface area contributed by atoms with Gasteiger partial charge in [-0.15, -0.1) is 0 Å². The lowest BCUT2D eigenvalue weighted by Crippen LogP contribution is -2.43. The number of nitrogens with one attached hydrogen (secondary N) is 1. The summed E-state index contributed by atoms with van der Waals surface area (Å²) < 4.78 is 24.4. The number of dihydropyridines is 1. The predicted molar refractivity (Wildman–Crippen MR) is 115 cm³/mol. The molecule has 0 amide bonds. The second kappa shape index (κ2) is 9.34. The van der Waals surface area contributed by atoms with Crippen LogP contribution in [-0.2, 0) is 23.9 Å². The number of halogens is 2. The molecule has 1 aliphatic heterocycles. The molecule has 166 valence electrons. The van der Waals surface area contributed by atoms with E-state index in [4.69, 9.17) is 9.47 Å². The minimum absolute atomic E-state index is 0.214. The van der Waals surface area contributed by atoms with Crippen LogP contribution in [0.1, 0.15) is 45.1 Å². The Morgan fingerprint density at radius 3 is 2.65 bits per heavy atom. The van der Waals surface area contributed by atoms with Crippen molar-refractivity contribution in [2.75, 3.05) is 13.7 Å². The molecule has 0 unspecified atom stereocenters. The fourth-order valence-corrected chi connectivity index (χ4v) is 4.65. The first-order valence-electron chi connectivity index (χ1n) is 10.2. The maximum Gasteiger partial charge on any atom is 0.336 e. The Hall–Kier alpha value is -2.48. The summed E-state index contributed by atoms with van der Waals surface area (Å²) in [7, 11) is 1.25. The van der Waals surface area contributed by atoms with Crippen molar-refractivity contribution in [1.82, 2.24) is 5.32 Å². The Morgan fingerprint density at radius 2 is 2.03 bits per heavy atom. The number of ketones is 1. The highest BCUT2D eigenvalue weighted by molar-refractivity contribution is 9.10. The van der Waals surface area contributed by atoms with Crippen LogP contribution in [0.25, 0.3) is 0 Å². The minimum Gasteiger partial charge on any atom is -0.468 e. The number of carbonyl (C=O) groups is 3. The quantitative estimate of drug-likeness (QED) is 0.489. The van der Waals surface area contributed by atoms with E-state index >= 15 is 0 Å². The standard InChI is InChI=1S/C23H25BrFNO5/c1-5-8-31-23(29)18-12(3)26-16-9-11(2)17(22(28)30-4)21(27)20(16)19(18)13-6-7-15(25)14(24)10-13/h6-7,10-11,17,19,26H,5,8-9H2,1-4H3/t11-,17+,19-/m0/s1. The Labute approximate surface area is 189 Å². The van der Waals surface area contributed by atoms with Crippen molar-refractivity contribution < 1.29 is 28.2 Å². The van der Waals surface area contributed by atoms with E-state index in [1.54, 1.807) is 19.1 Å². The number of allylic oxidation sites excluding steroid dienone is 3. The van der Waals surface area contributed by atoms with Crippen LogP contribution in [0.4, 0.5) is 4.39 Å². The van der Waals surface area contributed by atoms with E-state index in [1.165, 1.54) is 13.2 Å². The van der Waals surface area contributed by atoms with Crippen LogP contribution in [0.3, 0.4) is 0 Å². The molecule has 0 spiro atoms. The maximum atomic E-state index is 13.9. The van der Waals surface area contributed by atoms with E-state index in [9.17, 15) is 18.8 Å². The van der Waals surface area contributed by atoms with Gasteiger partial charge in [0.1, 0.15) is 11.7 Å². The molecule has 0 radical (unpaired) electrons. The summed E-state index contributed by atoms with van der Waals surface area (Å²) >= 11 is 3.19. The molecule has 1 aromatic carbocycles. The third-order valence-corrected chi connectivity index (χ3v) is 6.28. The molecule has 8 heteroatoms. The summed E-state index contributed by atoms with van der Waals surface area (Å²) in [6.07, 6.45) is 1.08. The minimum atomic E-state index is -0.969. The van der Waals surface area contributed by atoms with Gasteiger partial charge in [0, 0.05) is 22.9 Å². The van der Waals surface area contributed by atoms with Gasteiger partial charge in [-0.2, -0.15) is 0 Å². The van der Waals surface area contributed by atoms with E-state index in [0.29, 0.717) is 35.4 Å². The molecule has 2 aliphatic rings. The molecule has 3 atom stereocenters. The Bertz CT molecular complexity index is 1000. The van der Waals surface area contributed by atoms with Crippen molar-refractivity contribution in [3.63, 3.8) is 0 Å². The molecule has 6 nitrogen and oxygen atoms in total. The van der Waals surface area contributed by atoms with E-state index in [2.05, 4.69) is 21.2 Å². The van der Waals surface area contributed by atoms with Crippen LogP contribution < -0.4 is 5.32 Å². The van der Waals surface area contributed by atoms with Gasteiger partial charge < -0.3 is 14.8 Å². The topological polar surface area (TPSA) is 81.7 Å². The number of benzene rings is 1. The molecule has 31 heavy (non-hydrogen) atoms. The van der Waals surface area contributed by atoms with E-state index in [-0.39, 0.29) is 22.6 Å². The second-order valence-electron chi connectivity index (χ2n) is 7.84. The Balaban J connectivity index is 2.18. The summed E-state index contributed by atoms with van der Waals surface area (Å²) in [5.41, 5.74) is 2.38. The monoisotopic (exact) mass is 493 g/mol. The van der Waals surface area contributed by atoms with Gasteiger partial charge in [-0.05, 0) is 59.3 Å². The number of hydrogen-bond donors (Lipinski definition) is 1. The molecule has 0 aromatic heterocycles. The van der Waals surface area contributed by atoms with Gasteiger partial charge in [-0.3, -0.25) is 9.59 Å². The van der Waals surface area contributed by atoms with Crippen molar-refractivity contribution in [2.45, 2.75) is 39.5 Å². The van der Waals surface area contributed by atoms with E-state index < -0.39 is 35.4 Å². The third kappa shape index (κ3) is 4.31. The normalized spacial score (nSPS) is 23.3. The number of carbonyl (C=O) groups excluding carboxylic acids is 3. The molecule has 0 fully saturated rings.